The Morgan fingerprint density at radius 3 is 1.75 bits per heavy atom. The van der Waals surface area contributed by atoms with Crippen LogP contribution in [0.5, 0.6) is 0 Å². The van der Waals surface area contributed by atoms with E-state index in [9.17, 15) is 8.50 Å². The second kappa shape index (κ2) is 12.7. The number of nitrogens with zero attached hydrogens (tertiary/aromatic N) is 2. The zero-order valence-electron chi connectivity index (χ0n) is 42.2. The van der Waals surface area contributed by atoms with Gasteiger partial charge in [0, 0.05) is 32.9 Å². The predicted octanol–water partition coefficient (Wildman–Crippen LogP) is 14.3. The molecule has 0 fully saturated rings. The lowest BCUT2D eigenvalue weighted by Gasteiger charge is -2.19. The van der Waals surface area contributed by atoms with Crippen molar-refractivity contribution in [2.75, 3.05) is 0 Å². The molecule has 0 aliphatic rings. The van der Waals surface area contributed by atoms with Crippen LogP contribution in [0.1, 0.15) is 42.8 Å². The molecule has 0 amide bonds. The molecule has 0 bridgehead atoms. The lowest BCUT2D eigenvalue weighted by Crippen LogP contribution is -2.10. The number of fused-ring (bicyclic) bond motifs is 6. The molecule has 10 rings (SSSR count). The summed E-state index contributed by atoms with van der Waals surface area (Å²) in [7, 11) is 0. The average molecular weight is 723 g/mol. The van der Waals surface area contributed by atoms with Gasteiger partial charge in [-0.2, -0.15) is 0 Å². The van der Waals surface area contributed by atoms with Gasteiger partial charge in [-0.15, -0.1) is 0 Å². The number of hydrogen-bond acceptors (Lipinski definition) is 0. The van der Waals surface area contributed by atoms with Crippen LogP contribution in [0.15, 0.2) is 182 Å². The Kier molecular flexibility index (Phi) is 5.20. The second-order valence-corrected chi connectivity index (χ2v) is 14.7. The smallest absolute Gasteiger partial charge is 0.123 e. The van der Waals surface area contributed by atoms with E-state index in [1.807, 2.05) is 30.3 Å². The Labute approximate surface area is 337 Å². The number of para-hydroxylation sites is 2. The predicted molar refractivity (Wildman–Crippen MR) is 230 cm³/mol. The standard InChI is InChI=1S/C52H39FN2/c1-52(2,3)40-22-13-36(14-23-40)39-19-28-45-47-32-38(21-30-50(47)55(51(45)33-39)42-9-5-4-6-10-42)37-20-29-49-46(31-37)44-11-7-8-12-48(44)54(49)43-26-17-35(18-27-43)34-15-24-41(53)25-16-34/h4-33H,1-3H3/i4D,5D,6D,7D,8D,9D,10D,11D,12D,20D,29D,31D. The van der Waals surface area contributed by atoms with Gasteiger partial charge in [0.2, 0.25) is 0 Å². The highest BCUT2D eigenvalue weighted by molar-refractivity contribution is 6.13. The molecule has 264 valence electrons. The summed E-state index contributed by atoms with van der Waals surface area (Å²) in [5.74, 6) is -0.383. The maximum atomic E-state index is 13.7. The second-order valence-electron chi connectivity index (χ2n) is 14.7. The Morgan fingerprint density at radius 1 is 0.418 bits per heavy atom. The highest BCUT2D eigenvalue weighted by atomic mass is 19.1. The molecule has 2 nitrogen and oxygen atoms in total. The van der Waals surface area contributed by atoms with Crippen molar-refractivity contribution in [1.29, 1.82) is 0 Å². The van der Waals surface area contributed by atoms with Crippen molar-refractivity contribution in [1.82, 2.24) is 9.13 Å². The van der Waals surface area contributed by atoms with Gasteiger partial charge in [0.15, 0.2) is 0 Å². The summed E-state index contributed by atoms with van der Waals surface area (Å²) in [5.41, 5.74) is 6.17. The maximum absolute atomic E-state index is 13.7. The quantitative estimate of drug-likeness (QED) is 0.167. The lowest BCUT2D eigenvalue weighted by molar-refractivity contribution is 0.590. The van der Waals surface area contributed by atoms with Crippen molar-refractivity contribution >= 4 is 43.6 Å². The first-order valence-corrected chi connectivity index (χ1v) is 18.0. The summed E-state index contributed by atoms with van der Waals surface area (Å²) >= 11 is 0. The highest BCUT2D eigenvalue weighted by Gasteiger charge is 2.18. The summed E-state index contributed by atoms with van der Waals surface area (Å²) in [4.78, 5) is 0. The molecule has 3 heteroatoms. The fraction of sp³-hybridized carbons (Fsp3) is 0.0769. The van der Waals surface area contributed by atoms with Crippen LogP contribution in [0.4, 0.5) is 4.39 Å². The van der Waals surface area contributed by atoms with Gasteiger partial charge in [-0.1, -0.05) is 130 Å². The lowest BCUT2D eigenvalue weighted by atomic mass is 9.86. The monoisotopic (exact) mass is 722 g/mol. The van der Waals surface area contributed by atoms with Gasteiger partial charge in [-0.3, -0.25) is 0 Å². The zero-order chi connectivity index (χ0) is 47.7. The van der Waals surface area contributed by atoms with Gasteiger partial charge in [-0.05, 0) is 117 Å². The number of rotatable bonds is 5. The van der Waals surface area contributed by atoms with E-state index in [1.165, 1.54) is 16.7 Å². The van der Waals surface area contributed by atoms with Crippen molar-refractivity contribution in [2.24, 2.45) is 0 Å². The van der Waals surface area contributed by atoms with E-state index in [0.717, 1.165) is 27.8 Å². The third-order valence-electron chi connectivity index (χ3n) is 10.3. The van der Waals surface area contributed by atoms with Crippen LogP contribution < -0.4 is 0 Å². The summed E-state index contributed by atoms with van der Waals surface area (Å²) in [6.45, 7) is 6.40. The topological polar surface area (TPSA) is 9.86 Å². The fourth-order valence-corrected chi connectivity index (χ4v) is 7.48. The van der Waals surface area contributed by atoms with Crippen LogP contribution in [-0.2, 0) is 5.41 Å². The van der Waals surface area contributed by atoms with Crippen molar-refractivity contribution in [2.45, 2.75) is 26.2 Å². The molecule has 0 aliphatic carbocycles. The van der Waals surface area contributed by atoms with E-state index < -0.39 is 48.3 Å². The molecule has 0 atom stereocenters. The Bertz CT molecular complexity index is 3710. The van der Waals surface area contributed by atoms with Gasteiger partial charge in [-0.25, -0.2) is 4.39 Å². The molecule has 0 unspecified atom stereocenters. The third-order valence-corrected chi connectivity index (χ3v) is 10.3. The SMILES string of the molecule is [2H]c1c([2H])c([2H])c(-n2c3ccc(-c4c([2H])c([2H])c5c(c4[2H])c4c([2H])c([2H])c([2H])c([2H])c4n5-c4ccc(-c5ccc(F)cc5)cc4)cc3c3ccc(-c4ccc(C(C)(C)C)cc4)cc32)c([2H])c1[2H]. The molecule has 8 aromatic carbocycles. The minimum Gasteiger partial charge on any atom is -0.309 e. The summed E-state index contributed by atoms with van der Waals surface area (Å²) in [6.07, 6.45) is 0. The molecule has 0 saturated carbocycles. The first kappa shape index (κ1) is 22.5. The molecule has 0 spiro atoms. The summed E-state index contributed by atoms with van der Waals surface area (Å²) in [5, 5.41) is 1.30. The van der Waals surface area contributed by atoms with Gasteiger partial charge in [0.1, 0.15) is 5.82 Å². The molecule has 2 heterocycles. The van der Waals surface area contributed by atoms with Crippen LogP contribution in [-0.4, -0.2) is 9.13 Å². The number of halogens is 1. The molecule has 0 N–H and O–H groups in total. The van der Waals surface area contributed by atoms with E-state index in [4.69, 9.17) is 12.3 Å². The van der Waals surface area contributed by atoms with Crippen molar-refractivity contribution in [3.8, 4) is 44.8 Å². The van der Waals surface area contributed by atoms with Gasteiger partial charge in [0.25, 0.3) is 0 Å². The first-order valence-electron chi connectivity index (χ1n) is 24.0. The molecule has 2 aromatic heterocycles. The van der Waals surface area contributed by atoms with Crippen LogP contribution in [0.3, 0.4) is 0 Å². The Hall–Kier alpha value is -6.71. The molecule has 10 aromatic rings. The Balaban J connectivity index is 1.24. The average Bonchev–Trinajstić information content (AvgIpc) is 3.84. The molecule has 0 saturated heterocycles. The third kappa shape index (κ3) is 5.63. The highest BCUT2D eigenvalue weighted by Crippen LogP contribution is 2.40. The summed E-state index contributed by atoms with van der Waals surface area (Å²) < 4.78 is 125. The Morgan fingerprint density at radius 2 is 1.00 bits per heavy atom. The van der Waals surface area contributed by atoms with E-state index in [0.29, 0.717) is 33.1 Å². The molecule has 0 aliphatic heterocycles. The van der Waals surface area contributed by atoms with Gasteiger partial charge >= 0.3 is 0 Å². The van der Waals surface area contributed by atoms with E-state index in [2.05, 4.69) is 32.9 Å². The molecule has 0 radical (unpaired) electrons. The maximum Gasteiger partial charge on any atom is 0.123 e. The normalized spacial score (nSPS) is 15.1. The van der Waals surface area contributed by atoms with Gasteiger partial charge in [0.05, 0.1) is 38.5 Å². The van der Waals surface area contributed by atoms with E-state index >= 15 is 0 Å². The number of benzene rings is 8. The van der Waals surface area contributed by atoms with Crippen LogP contribution in [0, 0.1) is 5.82 Å². The largest absolute Gasteiger partial charge is 0.309 e. The van der Waals surface area contributed by atoms with Crippen LogP contribution in [0.2, 0.25) is 0 Å². The molecular weight excluding hydrogens is 672 g/mol. The van der Waals surface area contributed by atoms with Crippen molar-refractivity contribution < 1.29 is 20.8 Å². The van der Waals surface area contributed by atoms with Gasteiger partial charge < -0.3 is 9.13 Å². The van der Waals surface area contributed by atoms with Crippen molar-refractivity contribution in [3.63, 3.8) is 0 Å². The van der Waals surface area contributed by atoms with Crippen LogP contribution in [0.25, 0.3) is 88.4 Å². The van der Waals surface area contributed by atoms with Crippen LogP contribution >= 0.6 is 0 Å². The minimum absolute atomic E-state index is 0.0188. The fourth-order valence-electron chi connectivity index (χ4n) is 7.48. The van der Waals surface area contributed by atoms with E-state index in [1.54, 1.807) is 59.2 Å². The van der Waals surface area contributed by atoms with E-state index in [-0.39, 0.29) is 68.5 Å². The van der Waals surface area contributed by atoms with Crippen molar-refractivity contribution in [3.05, 3.63) is 193 Å². The summed E-state index contributed by atoms with van der Waals surface area (Å²) in [6, 6.07) is 27.0. The molecule has 55 heavy (non-hydrogen) atoms. The zero-order valence-corrected chi connectivity index (χ0v) is 30.2. The molecular formula is C52H39FN2. The minimum atomic E-state index is -0.526. The number of hydrogen-bond donors (Lipinski definition) is 0. The number of aromatic nitrogens is 2. The first-order chi connectivity index (χ1) is 31.8.